The van der Waals surface area contributed by atoms with Gasteiger partial charge in [0.05, 0.1) is 19.3 Å². The van der Waals surface area contributed by atoms with E-state index < -0.39 is 11.6 Å². The van der Waals surface area contributed by atoms with Gasteiger partial charge >= 0.3 is 0 Å². The van der Waals surface area contributed by atoms with E-state index in [1.165, 1.54) is 69.1 Å². The molecule has 0 radical (unpaired) electrons. The molecule has 0 spiro atoms. The predicted octanol–water partition coefficient (Wildman–Crippen LogP) is 6.88. The molecule has 1 atom stereocenters. The Labute approximate surface area is 184 Å². The lowest BCUT2D eigenvalue weighted by Gasteiger charge is -2.38. The average Bonchev–Trinajstić information content (AvgIpc) is 3.65. The van der Waals surface area contributed by atoms with Gasteiger partial charge < -0.3 is 9.47 Å². The Morgan fingerprint density at radius 2 is 1.35 bits per heavy atom. The Morgan fingerprint density at radius 3 is 1.97 bits per heavy atom. The zero-order valence-electron chi connectivity index (χ0n) is 18.1. The largest absolute Gasteiger partial charge is 0.375 e. The van der Waals surface area contributed by atoms with E-state index in [1.54, 1.807) is 6.07 Å². The third-order valence-corrected chi connectivity index (χ3v) is 7.71. The molecule has 3 fully saturated rings. The fourth-order valence-electron chi connectivity index (χ4n) is 5.68. The summed E-state index contributed by atoms with van der Waals surface area (Å²) in [6.07, 6.45) is 11.0. The van der Waals surface area contributed by atoms with Crippen molar-refractivity contribution in [2.45, 2.75) is 69.5 Å². The predicted molar refractivity (Wildman–Crippen MR) is 118 cm³/mol. The fraction of sp³-hybridized carbons (Fsp3) is 0.556. The minimum atomic E-state index is -0.800. The van der Waals surface area contributed by atoms with Crippen LogP contribution < -0.4 is 0 Å². The van der Waals surface area contributed by atoms with Crippen molar-refractivity contribution in [2.75, 3.05) is 13.2 Å². The number of ether oxygens (including phenoxy) is 2. The van der Waals surface area contributed by atoms with Gasteiger partial charge in [-0.25, -0.2) is 8.78 Å². The van der Waals surface area contributed by atoms with Crippen molar-refractivity contribution in [3.63, 3.8) is 0 Å². The van der Waals surface area contributed by atoms with Gasteiger partial charge in [0.25, 0.3) is 0 Å². The maximum absolute atomic E-state index is 13.5. The molecule has 2 nitrogen and oxygen atoms in total. The summed E-state index contributed by atoms with van der Waals surface area (Å²) in [5.74, 6) is 0.760. The van der Waals surface area contributed by atoms with Crippen molar-refractivity contribution < 1.29 is 18.3 Å². The third-order valence-electron chi connectivity index (χ3n) is 7.71. The number of halogens is 2. The zero-order chi connectivity index (χ0) is 21.2. The van der Waals surface area contributed by atoms with Crippen LogP contribution in [-0.4, -0.2) is 25.4 Å². The molecule has 1 saturated heterocycles. The lowest BCUT2D eigenvalue weighted by atomic mass is 9.69. The van der Waals surface area contributed by atoms with E-state index in [-0.39, 0.29) is 0 Å². The van der Waals surface area contributed by atoms with Gasteiger partial charge in [-0.3, -0.25) is 0 Å². The van der Waals surface area contributed by atoms with E-state index in [2.05, 4.69) is 12.1 Å². The van der Waals surface area contributed by atoms with Crippen molar-refractivity contribution in [3.05, 3.63) is 59.7 Å². The van der Waals surface area contributed by atoms with E-state index in [0.29, 0.717) is 18.1 Å². The first-order valence-electron chi connectivity index (χ1n) is 11.9. The second kappa shape index (κ2) is 9.38. The summed E-state index contributed by atoms with van der Waals surface area (Å²) in [5.41, 5.74) is 3.03. The molecule has 1 aliphatic heterocycles. The molecular formula is C27H32F2O2. The lowest BCUT2D eigenvalue weighted by molar-refractivity contribution is 0.00133. The summed E-state index contributed by atoms with van der Waals surface area (Å²) in [4.78, 5) is 0. The lowest BCUT2D eigenvalue weighted by Crippen LogP contribution is -2.29. The third kappa shape index (κ3) is 5.18. The summed E-state index contributed by atoms with van der Waals surface area (Å²) in [6.45, 7) is 1.67. The Balaban J connectivity index is 1.11. The summed E-state index contributed by atoms with van der Waals surface area (Å²) >= 11 is 0. The molecule has 2 aliphatic carbocycles. The highest BCUT2D eigenvalue weighted by atomic mass is 19.2. The second-order valence-electron chi connectivity index (χ2n) is 9.69. The number of epoxide rings is 1. The van der Waals surface area contributed by atoms with Gasteiger partial charge in [-0.15, -0.1) is 0 Å². The molecule has 2 aromatic carbocycles. The minimum absolute atomic E-state index is 0.374. The number of rotatable bonds is 6. The van der Waals surface area contributed by atoms with Gasteiger partial charge in [0.2, 0.25) is 0 Å². The Bertz CT molecular complexity index is 861. The molecule has 31 heavy (non-hydrogen) atoms. The standard InChI is InChI=1S/C27H32F2O2/c28-26-14-11-23(15-27(26)29)22-7-5-19(6-8-22)18-1-3-20(4-2-18)21-9-12-24(13-10-21)30-16-25-17-31-25/h5-8,11,14-15,18,20-21,24-25H,1-4,9-10,12-13,16-17H2. The van der Waals surface area contributed by atoms with Gasteiger partial charge in [0, 0.05) is 0 Å². The van der Waals surface area contributed by atoms with Crippen molar-refractivity contribution in [3.8, 4) is 11.1 Å². The summed E-state index contributed by atoms with van der Waals surface area (Å²) in [5, 5.41) is 0. The summed E-state index contributed by atoms with van der Waals surface area (Å²) in [7, 11) is 0. The summed E-state index contributed by atoms with van der Waals surface area (Å²) < 4.78 is 38.0. The molecule has 2 saturated carbocycles. The van der Waals surface area contributed by atoms with E-state index in [9.17, 15) is 8.78 Å². The van der Waals surface area contributed by atoms with Crippen LogP contribution in [0.2, 0.25) is 0 Å². The van der Waals surface area contributed by atoms with Crippen LogP contribution in [-0.2, 0) is 9.47 Å². The topological polar surface area (TPSA) is 21.8 Å². The first kappa shape index (κ1) is 21.1. The molecule has 0 amide bonds. The monoisotopic (exact) mass is 426 g/mol. The van der Waals surface area contributed by atoms with Crippen molar-refractivity contribution in [1.82, 2.24) is 0 Å². The SMILES string of the molecule is Fc1ccc(-c2ccc(C3CCC(C4CCC(OCC5CO5)CC4)CC3)cc2)cc1F. The Kier molecular flexibility index (Phi) is 6.38. The van der Waals surface area contributed by atoms with Crippen LogP contribution in [0, 0.1) is 23.5 Å². The van der Waals surface area contributed by atoms with E-state index >= 15 is 0 Å². The highest BCUT2D eigenvalue weighted by Gasteiger charge is 2.32. The number of hydrogen-bond acceptors (Lipinski definition) is 2. The van der Waals surface area contributed by atoms with Crippen LogP contribution in [0.1, 0.15) is 62.8 Å². The van der Waals surface area contributed by atoms with Gasteiger partial charge in [0.15, 0.2) is 11.6 Å². The molecule has 2 aromatic rings. The van der Waals surface area contributed by atoms with Crippen LogP contribution in [0.3, 0.4) is 0 Å². The van der Waals surface area contributed by atoms with E-state index in [1.807, 2.05) is 12.1 Å². The smallest absolute Gasteiger partial charge is 0.159 e. The molecule has 5 rings (SSSR count). The van der Waals surface area contributed by atoms with Gasteiger partial charge in [-0.1, -0.05) is 30.3 Å². The normalized spacial score (nSPS) is 30.8. The molecule has 0 aromatic heterocycles. The molecule has 3 aliphatic rings. The van der Waals surface area contributed by atoms with Gasteiger partial charge in [0.1, 0.15) is 6.10 Å². The quantitative estimate of drug-likeness (QED) is 0.470. The van der Waals surface area contributed by atoms with Crippen molar-refractivity contribution in [2.24, 2.45) is 11.8 Å². The molecule has 0 N–H and O–H groups in total. The molecule has 166 valence electrons. The minimum Gasteiger partial charge on any atom is -0.375 e. The zero-order valence-corrected chi connectivity index (χ0v) is 18.1. The maximum atomic E-state index is 13.5. The highest BCUT2D eigenvalue weighted by molar-refractivity contribution is 5.63. The first-order valence-corrected chi connectivity index (χ1v) is 11.9. The van der Waals surface area contributed by atoms with Crippen LogP contribution in [0.5, 0.6) is 0 Å². The number of benzene rings is 2. The van der Waals surface area contributed by atoms with E-state index in [0.717, 1.165) is 36.2 Å². The fourth-order valence-corrected chi connectivity index (χ4v) is 5.68. The maximum Gasteiger partial charge on any atom is 0.159 e. The number of hydrogen-bond donors (Lipinski definition) is 0. The molecule has 1 unspecified atom stereocenters. The first-order chi connectivity index (χ1) is 15.2. The molecule has 4 heteroatoms. The van der Waals surface area contributed by atoms with Crippen LogP contribution in [0.25, 0.3) is 11.1 Å². The van der Waals surface area contributed by atoms with Crippen LogP contribution in [0.4, 0.5) is 8.78 Å². The Hall–Kier alpha value is -1.78. The molecular weight excluding hydrogens is 394 g/mol. The molecule has 0 bridgehead atoms. The van der Waals surface area contributed by atoms with Crippen LogP contribution >= 0.6 is 0 Å². The van der Waals surface area contributed by atoms with Gasteiger partial charge in [-0.2, -0.15) is 0 Å². The van der Waals surface area contributed by atoms with E-state index in [4.69, 9.17) is 9.47 Å². The average molecular weight is 427 g/mol. The van der Waals surface area contributed by atoms with Crippen molar-refractivity contribution in [1.29, 1.82) is 0 Å². The Morgan fingerprint density at radius 1 is 0.742 bits per heavy atom. The van der Waals surface area contributed by atoms with Crippen molar-refractivity contribution >= 4 is 0 Å². The van der Waals surface area contributed by atoms with Crippen LogP contribution in [0.15, 0.2) is 42.5 Å². The second-order valence-corrected chi connectivity index (χ2v) is 9.69. The summed E-state index contributed by atoms with van der Waals surface area (Å²) in [6, 6.07) is 12.5. The molecule has 1 heterocycles. The van der Waals surface area contributed by atoms with Gasteiger partial charge in [-0.05, 0) is 97.9 Å². The highest BCUT2D eigenvalue weighted by Crippen LogP contribution is 2.43.